The van der Waals surface area contributed by atoms with E-state index in [0.717, 1.165) is 22.5 Å². The van der Waals surface area contributed by atoms with Crippen LogP contribution in [0.15, 0.2) is 42.5 Å². The van der Waals surface area contributed by atoms with Gasteiger partial charge in [0.15, 0.2) is 11.6 Å². The first kappa shape index (κ1) is 20.8. The molecule has 0 unspecified atom stereocenters. The third-order valence-corrected chi connectivity index (χ3v) is 5.33. The molecule has 1 amide bonds. The summed E-state index contributed by atoms with van der Waals surface area (Å²) >= 11 is 3.43. The van der Waals surface area contributed by atoms with Gasteiger partial charge in [0, 0.05) is 23.8 Å². The molecule has 0 spiro atoms. The van der Waals surface area contributed by atoms with Gasteiger partial charge in [-0.25, -0.2) is 13.6 Å². The lowest BCUT2D eigenvalue weighted by atomic mass is 10.1. The Labute approximate surface area is 172 Å². The number of hydrogen-bond acceptors (Lipinski definition) is 2. The topological polar surface area (TPSA) is 29.5 Å². The number of nitrogens with zero attached hydrogens (tertiary/aromatic N) is 1. The average molecular weight is 452 g/mol. The van der Waals surface area contributed by atoms with Gasteiger partial charge in [-0.1, -0.05) is 46.3 Å². The molecule has 2 aromatic carbocycles. The van der Waals surface area contributed by atoms with E-state index in [1.165, 1.54) is 6.07 Å². The smallest absolute Gasteiger partial charge is 0.410 e. The molecular weight excluding hydrogens is 428 g/mol. The minimum Gasteiger partial charge on any atom is -0.444 e. The Bertz CT molecular complexity index is 849. The molecule has 1 saturated carbocycles. The summed E-state index contributed by atoms with van der Waals surface area (Å²) in [6.45, 7) is 5.89. The minimum atomic E-state index is -0.864. The van der Waals surface area contributed by atoms with Gasteiger partial charge in [0.2, 0.25) is 0 Å². The van der Waals surface area contributed by atoms with E-state index in [1.807, 2.05) is 45.0 Å². The van der Waals surface area contributed by atoms with E-state index in [0.29, 0.717) is 18.5 Å². The van der Waals surface area contributed by atoms with E-state index in [2.05, 4.69) is 15.9 Å². The monoisotopic (exact) mass is 451 g/mol. The fourth-order valence-corrected chi connectivity index (χ4v) is 3.57. The third-order valence-electron chi connectivity index (χ3n) is 4.69. The standard InChI is InChI=1S/C22H24BrF2NO2/c1-22(2,3)28-21(27)26(13-15-6-4-14(12-23)5-7-15)20-11-17(20)16-8-9-18(24)19(25)10-16/h4-10,17,20H,11-13H2,1-3H3/t17-,20+/m0/s1. The van der Waals surface area contributed by atoms with Gasteiger partial charge >= 0.3 is 6.09 Å². The van der Waals surface area contributed by atoms with Crippen LogP contribution in [0.25, 0.3) is 0 Å². The first-order valence-electron chi connectivity index (χ1n) is 9.26. The van der Waals surface area contributed by atoms with Crippen LogP contribution in [0, 0.1) is 11.6 Å². The molecule has 1 aliphatic carbocycles. The molecule has 3 nitrogen and oxygen atoms in total. The fraction of sp³-hybridized carbons (Fsp3) is 0.409. The van der Waals surface area contributed by atoms with E-state index in [4.69, 9.17) is 4.74 Å². The van der Waals surface area contributed by atoms with Crippen molar-refractivity contribution in [3.8, 4) is 0 Å². The van der Waals surface area contributed by atoms with Gasteiger partial charge in [-0.3, -0.25) is 0 Å². The minimum absolute atomic E-state index is 0.0237. The number of amides is 1. The largest absolute Gasteiger partial charge is 0.444 e. The van der Waals surface area contributed by atoms with Crippen molar-refractivity contribution in [3.63, 3.8) is 0 Å². The van der Waals surface area contributed by atoms with Crippen molar-refractivity contribution >= 4 is 22.0 Å². The molecule has 150 valence electrons. The zero-order valence-electron chi connectivity index (χ0n) is 16.2. The Hall–Kier alpha value is -1.95. The average Bonchev–Trinajstić information content (AvgIpc) is 3.41. The molecule has 0 bridgehead atoms. The highest BCUT2D eigenvalue weighted by Crippen LogP contribution is 2.46. The molecule has 1 aliphatic rings. The molecule has 28 heavy (non-hydrogen) atoms. The predicted octanol–water partition coefficient (Wildman–Crippen LogP) is 6.15. The van der Waals surface area contributed by atoms with Crippen molar-refractivity contribution in [2.45, 2.75) is 56.6 Å². The second-order valence-corrected chi connectivity index (χ2v) is 8.70. The Morgan fingerprint density at radius 2 is 1.75 bits per heavy atom. The van der Waals surface area contributed by atoms with Crippen LogP contribution in [-0.2, 0) is 16.6 Å². The summed E-state index contributed by atoms with van der Waals surface area (Å²) in [6, 6.07) is 11.8. The quantitative estimate of drug-likeness (QED) is 0.509. The van der Waals surface area contributed by atoms with Crippen molar-refractivity contribution in [1.82, 2.24) is 4.90 Å². The summed E-state index contributed by atoms with van der Waals surface area (Å²) in [4.78, 5) is 14.5. The number of hydrogen-bond donors (Lipinski definition) is 0. The number of benzene rings is 2. The van der Waals surface area contributed by atoms with Crippen LogP contribution in [0.2, 0.25) is 0 Å². The van der Waals surface area contributed by atoms with E-state index >= 15 is 0 Å². The molecule has 0 aliphatic heterocycles. The van der Waals surface area contributed by atoms with Crippen molar-refractivity contribution in [1.29, 1.82) is 0 Å². The molecule has 0 saturated heterocycles. The first-order chi connectivity index (χ1) is 13.2. The number of carbonyl (C=O) groups excluding carboxylic acids is 1. The van der Waals surface area contributed by atoms with E-state index < -0.39 is 23.3 Å². The van der Waals surface area contributed by atoms with Crippen molar-refractivity contribution in [3.05, 3.63) is 70.8 Å². The summed E-state index contributed by atoms with van der Waals surface area (Å²) in [5.41, 5.74) is 2.24. The summed E-state index contributed by atoms with van der Waals surface area (Å²) in [7, 11) is 0. The van der Waals surface area contributed by atoms with Crippen LogP contribution in [0.5, 0.6) is 0 Å². The molecule has 3 rings (SSSR count). The van der Waals surface area contributed by atoms with E-state index in [1.54, 1.807) is 11.0 Å². The third kappa shape index (κ3) is 5.10. The van der Waals surface area contributed by atoms with Crippen LogP contribution in [0.1, 0.15) is 49.8 Å². The maximum atomic E-state index is 13.6. The maximum absolute atomic E-state index is 13.6. The van der Waals surface area contributed by atoms with Crippen LogP contribution < -0.4 is 0 Å². The van der Waals surface area contributed by atoms with Gasteiger partial charge in [-0.05, 0) is 56.0 Å². The Morgan fingerprint density at radius 1 is 1.11 bits per heavy atom. The van der Waals surface area contributed by atoms with Gasteiger partial charge in [0.25, 0.3) is 0 Å². The van der Waals surface area contributed by atoms with Gasteiger partial charge in [0.05, 0.1) is 0 Å². The highest BCUT2D eigenvalue weighted by Gasteiger charge is 2.46. The number of ether oxygens (including phenoxy) is 1. The van der Waals surface area contributed by atoms with Gasteiger partial charge in [0.1, 0.15) is 5.60 Å². The number of carbonyl (C=O) groups is 1. The summed E-state index contributed by atoms with van der Waals surface area (Å²) in [5.74, 6) is -1.75. The van der Waals surface area contributed by atoms with Gasteiger partial charge in [-0.2, -0.15) is 0 Å². The number of rotatable bonds is 5. The lowest BCUT2D eigenvalue weighted by molar-refractivity contribution is 0.0212. The van der Waals surface area contributed by atoms with Crippen molar-refractivity contribution in [2.75, 3.05) is 0 Å². The molecule has 0 aromatic heterocycles. The lowest BCUT2D eigenvalue weighted by Crippen LogP contribution is -2.38. The highest BCUT2D eigenvalue weighted by atomic mass is 79.9. The molecule has 6 heteroatoms. The number of halogens is 3. The maximum Gasteiger partial charge on any atom is 0.410 e. The van der Waals surface area contributed by atoms with Crippen LogP contribution in [0.3, 0.4) is 0 Å². The second-order valence-electron chi connectivity index (χ2n) is 8.14. The van der Waals surface area contributed by atoms with Crippen molar-refractivity contribution in [2.24, 2.45) is 0 Å². The number of alkyl halides is 1. The Kier molecular flexibility index (Phi) is 6.08. The van der Waals surface area contributed by atoms with Gasteiger partial charge in [-0.15, -0.1) is 0 Å². The molecule has 0 N–H and O–H groups in total. The van der Waals surface area contributed by atoms with Crippen molar-refractivity contribution < 1.29 is 18.3 Å². The zero-order chi connectivity index (χ0) is 20.5. The molecule has 2 aromatic rings. The lowest BCUT2D eigenvalue weighted by Gasteiger charge is -2.28. The normalized spacial score (nSPS) is 18.6. The Balaban J connectivity index is 1.79. The fourth-order valence-electron chi connectivity index (χ4n) is 3.20. The molecule has 0 heterocycles. The van der Waals surface area contributed by atoms with Crippen LogP contribution >= 0.6 is 15.9 Å². The molecule has 2 atom stereocenters. The predicted molar refractivity (Wildman–Crippen MR) is 108 cm³/mol. The summed E-state index contributed by atoms with van der Waals surface area (Å²) in [6.07, 6.45) is 0.302. The molecule has 0 radical (unpaired) electrons. The van der Waals surface area contributed by atoms with Crippen LogP contribution in [-0.4, -0.2) is 22.6 Å². The zero-order valence-corrected chi connectivity index (χ0v) is 17.8. The van der Waals surface area contributed by atoms with Gasteiger partial charge < -0.3 is 9.64 Å². The highest BCUT2D eigenvalue weighted by molar-refractivity contribution is 9.08. The SMILES string of the molecule is CC(C)(C)OC(=O)N(Cc1ccc(CBr)cc1)[C@@H]1C[C@H]1c1ccc(F)c(F)c1. The first-order valence-corrected chi connectivity index (χ1v) is 10.4. The Morgan fingerprint density at radius 3 is 2.32 bits per heavy atom. The summed E-state index contributed by atoms with van der Waals surface area (Å²) < 4.78 is 32.4. The molecule has 1 fully saturated rings. The van der Waals surface area contributed by atoms with E-state index in [-0.39, 0.29) is 12.0 Å². The summed E-state index contributed by atoms with van der Waals surface area (Å²) in [5, 5.41) is 0.768. The molecular formula is C22H24BrF2NO2. The van der Waals surface area contributed by atoms with Crippen LogP contribution in [0.4, 0.5) is 13.6 Å². The van der Waals surface area contributed by atoms with E-state index in [9.17, 15) is 13.6 Å². The second kappa shape index (κ2) is 8.19.